The van der Waals surface area contributed by atoms with Gasteiger partial charge in [0.2, 0.25) is 0 Å². The third-order valence-electron chi connectivity index (χ3n) is 1.38. The van der Waals surface area contributed by atoms with Crippen molar-refractivity contribution >= 4 is 5.69 Å². The lowest BCUT2D eigenvalue weighted by Gasteiger charge is -1.95. The molecule has 0 atom stereocenters. The first-order valence-corrected chi connectivity index (χ1v) is 3.33. The predicted molar refractivity (Wildman–Crippen MR) is 43.5 cm³/mol. The molecule has 0 amide bonds. The van der Waals surface area contributed by atoms with Gasteiger partial charge in [0, 0.05) is 11.0 Å². The maximum Gasteiger partial charge on any atom is 0.315 e. The van der Waals surface area contributed by atoms with E-state index in [1.165, 1.54) is 24.3 Å². The Hall–Kier alpha value is -1.98. The number of para-hydroxylation sites is 1. The standard InChI is InChI=1S/C7H5N2O4/c10-8(11)5-6-3-1-2-4-7(6)9(12)13/h1-5H. The van der Waals surface area contributed by atoms with E-state index in [9.17, 15) is 20.2 Å². The molecule has 0 aliphatic carbocycles. The average molecular weight is 181 g/mol. The zero-order valence-corrected chi connectivity index (χ0v) is 6.41. The van der Waals surface area contributed by atoms with E-state index in [2.05, 4.69) is 0 Å². The van der Waals surface area contributed by atoms with Crippen LogP contribution in [0.25, 0.3) is 0 Å². The third-order valence-corrected chi connectivity index (χ3v) is 1.38. The number of benzene rings is 1. The van der Waals surface area contributed by atoms with Crippen molar-refractivity contribution in [1.29, 1.82) is 0 Å². The first-order chi connectivity index (χ1) is 6.11. The van der Waals surface area contributed by atoms with Gasteiger partial charge in [-0.2, -0.15) is 0 Å². The van der Waals surface area contributed by atoms with E-state index in [4.69, 9.17) is 0 Å². The van der Waals surface area contributed by atoms with Crippen LogP contribution in [0.15, 0.2) is 24.3 Å². The van der Waals surface area contributed by atoms with Gasteiger partial charge in [0.1, 0.15) is 5.56 Å². The van der Waals surface area contributed by atoms with Gasteiger partial charge in [-0.1, -0.05) is 12.1 Å². The Balaban J connectivity index is 3.04. The minimum Gasteiger partial charge on any atom is -0.264 e. The van der Waals surface area contributed by atoms with Gasteiger partial charge in [-0.05, 0) is 6.07 Å². The van der Waals surface area contributed by atoms with E-state index in [1.54, 1.807) is 0 Å². The summed E-state index contributed by atoms with van der Waals surface area (Å²) in [5.74, 6) is 0. The van der Waals surface area contributed by atoms with Crippen molar-refractivity contribution in [3.8, 4) is 0 Å². The number of hydrogen-bond acceptors (Lipinski definition) is 4. The van der Waals surface area contributed by atoms with Crippen LogP contribution < -0.4 is 0 Å². The fourth-order valence-corrected chi connectivity index (χ4v) is 0.877. The Bertz CT molecular complexity index is 350. The molecule has 0 N–H and O–H groups in total. The summed E-state index contributed by atoms with van der Waals surface area (Å²) < 4.78 is 0. The molecule has 6 nitrogen and oxygen atoms in total. The Morgan fingerprint density at radius 1 is 1.15 bits per heavy atom. The highest BCUT2D eigenvalue weighted by atomic mass is 16.6. The molecule has 0 spiro atoms. The van der Waals surface area contributed by atoms with Crippen LogP contribution in [0.5, 0.6) is 0 Å². The zero-order chi connectivity index (χ0) is 9.84. The number of hydrogen-bond donors (Lipinski definition) is 0. The highest BCUT2D eigenvalue weighted by Crippen LogP contribution is 2.18. The second kappa shape index (κ2) is 3.61. The molecule has 0 fully saturated rings. The summed E-state index contributed by atoms with van der Waals surface area (Å²) in [5.41, 5.74) is -0.267. The first kappa shape index (κ1) is 9.11. The average Bonchev–Trinajstić information content (AvgIpc) is 2.03. The van der Waals surface area contributed by atoms with Crippen LogP contribution in [0.3, 0.4) is 0 Å². The normalized spacial score (nSPS) is 9.54. The Labute approximate surface area is 73.1 Å². The van der Waals surface area contributed by atoms with Crippen LogP contribution in [0.4, 0.5) is 5.69 Å². The summed E-state index contributed by atoms with van der Waals surface area (Å²) in [4.78, 5) is 19.1. The lowest BCUT2D eigenvalue weighted by Crippen LogP contribution is -1.99. The van der Waals surface area contributed by atoms with Crippen molar-refractivity contribution in [2.24, 2.45) is 0 Å². The largest absolute Gasteiger partial charge is 0.315 e. The van der Waals surface area contributed by atoms with Gasteiger partial charge in [-0.15, -0.1) is 0 Å². The summed E-state index contributed by atoms with van der Waals surface area (Å²) in [5, 5.41) is 20.4. The van der Waals surface area contributed by atoms with E-state index >= 15 is 0 Å². The van der Waals surface area contributed by atoms with Gasteiger partial charge >= 0.3 is 6.54 Å². The predicted octanol–water partition coefficient (Wildman–Crippen LogP) is 1.38. The lowest BCUT2D eigenvalue weighted by molar-refractivity contribution is -0.432. The minimum absolute atomic E-state index is 0.00231. The Morgan fingerprint density at radius 3 is 2.31 bits per heavy atom. The number of rotatable bonds is 3. The van der Waals surface area contributed by atoms with Gasteiger partial charge < -0.3 is 0 Å². The molecule has 1 rings (SSSR count). The van der Waals surface area contributed by atoms with E-state index in [1.807, 2.05) is 0 Å². The lowest BCUT2D eigenvalue weighted by atomic mass is 10.2. The zero-order valence-electron chi connectivity index (χ0n) is 6.41. The van der Waals surface area contributed by atoms with Crippen molar-refractivity contribution in [2.75, 3.05) is 0 Å². The van der Waals surface area contributed by atoms with Gasteiger partial charge in [-0.3, -0.25) is 20.2 Å². The molecular weight excluding hydrogens is 176 g/mol. The fraction of sp³-hybridized carbons (Fsp3) is 0. The number of nitro benzene ring substituents is 1. The van der Waals surface area contributed by atoms with E-state index in [0.717, 1.165) is 0 Å². The van der Waals surface area contributed by atoms with Crippen LogP contribution >= 0.6 is 0 Å². The molecule has 0 aromatic heterocycles. The van der Waals surface area contributed by atoms with Gasteiger partial charge in [0.15, 0.2) is 0 Å². The van der Waals surface area contributed by atoms with Gasteiger partial charge in [0.25, 0.3) is 5.69 Å². The number of nitrogens with zero attached hydrogens (tertiary/aromatic N) is 2. The van der Waals surface area contributed by atoms with Gasteiger partial charge in [0.05, 0.1) is 4.92 Å². The van der Waals surface area contributed by atoms with Crippen LogP contribution in [0, 0.1) is 26.8 Å². The summed E-state index contributed by atoms with van der Waals surface area (Å²) in [6.45, 7) is 0.609. The van der Waals surface area contributed by atoms with Crippen molar-refractivity contribution in [3.63, 3.8) is 0 Å². The molecule has 0 unspecified atom stereocenters. The molecule has 67 valence electrons. The summed E-state index contributed by atoms with van der Waals surface area (Å²) in [6.07, 6.45) is 0. The maximum atomic E-state index is 10.4. The smallest absolute Gasteiger partial charge is 0.264 e. The maximum absolute atomic E-state index is 10.4. The molecule has 0 aliphatic heterocycles. The van der Waals surface area contributed by atoms with Crippen molar-refractivity contribution in [3.05, 3.63) is 56.6 Å². The summed E-state index contributed by atoms with van der Waals surface area (Å²) in [7, 11) is 0. The molecule has 0 saturated heterocycles. The first-order valence-electron chi connectivity index (χ1n) is 3.33. The van der Waals surface area contributed by atoms with E-state index in [-0.39, 0.29) is 11.3 Å². The van der Waals surface area contributed by atoms with Crippen LogP contribution in [0.2, 0.25) is 0 Å². The van der Waals surface area contributed by atoms with Crippen molar-refractivity contribution in [2.45, 2.75) is 0 Å². The number of nitro groups is 2. The highest BCUT2D eigenvalue weighted by Gasteiger charge is 2.17. The van der Waals surface area contributed by atoms with Gasteiger partial charge in [-0.25, -0.2) is 0 Å². The Morgan fingerprint density at radius 2 is 1.77 bits per heavy atom. The monoisotopic (exact) mass is 181 g/mol. The molecule has 13 heavy (non-hydrogen) atoms. The quantitative estimate of drug-likeness (QED) is 0.520. The molecule has 0 bridgehead atoms. The Kier molecular flexibility index (Phi) is 2.53. The van der Waals surface area contributed by atoms with Crippen LogP contribution in [0.1, 0.15) is 5.56 Å². The van der Waals surface area contributed by atoms with E-state index < -0.39 is 9.85 Å². The molecule has 1 aromatic carbocycles. The highest BCUT2D eigenvalue weighted by molar-refractivity contribution is 5.42. The molecule has 0 saturated carbocycles. The van der Waals surface area contributed by atoms with Crippen LogP contribution in [-0.4, -0.2) is 9.85 Å². The molecular formula is C7H5N2O4. The van der Waals surface area contributed by atoms with Crippen LogP contribution in [-0.2, 0) is 0 Å². The molecule has 0 aliphatic rings. The summed E-state index contributed by atoms with van der Waals surface area (Å²) in [6, 6.07) is 5.49. The van der Waals surface area contributed by atoms with Crippen molar-refractivity contribution < 1.29 is 9.85 Å². The minimum atomic E-state index is -0.720. The molecule has 6 heteroatoms. The second-order valence-corrected chi connectivity index (χ2v) is 2.23. The molecule has 1 radical (unpaired) electrons. The third kappa shape index (κ3) is 2.22. The fourth-order valence-electron chi connectivity index (χ4n) is 0.877. The molecule has 1 aromatic rings. The second-order valence-electron chi connectivity index (χ2n) is 2.23. The summed E-state index contributed by atoms with van der Waals surface area (Å²) >= 11 is 0. The van der Waals surface area contributed by atoms with Crippen molar-refractivity contribution in [1.82, 2.24) is 0 Å². The molecule has 0 heterocycles. The van der Waals surface area contributed by atoms with E-state index in [0.29, 0.717) is 6.54 Å². The SMILES string of the molecule is O=[N+]([O-])[CH]c1ccccc1[N+](=O)[O-]. The topological polar surface area (TPSA) is 86.3 Å².